The van der Waals surface area contributed by atoms with Gasteiger partial charge in [-0.2, -0.15) is 0 Å². The van der Waals surface area contributed by atoms with Crippen LogP contribution < -0.4 is 19.5 Å². The minimum atomic E-state index is 0.109. The lowest BCUT2D eigenvalue weighted by atomic mass is 10.1. The number of aryl methyl sites for hydroxylation is 2. The third-order valence-electron chi connectivity index (χ3n) is 5.55. The summed E-state index contributed by atoms with van der Waals surface area (Å²) in [6.07, 6.45) is 1.35. The van der Waals surface area contributed by atoms with Gasteiger partial charge in [0, 0.05) is 25.6 Å². The Balaban J connectivity index is 1.67. The summed E-state index contributed by atoms with van der Waals surface area (Å²) in [5.74, 6) is 3.13. The number of hydrogen-bond donors (Lipinski definition) is 1. The second-order valence-corrected chi connectivity index (χ2v) is 7.48. The molecule has 1 aliphatic rings. The second kappa shape index (κ2) is 8.22. The molecule has 8 heteroatoms. The first-order valence-electron chi connectivity index (χ1n) is 9.96. The van der Waals surface area contributed by atoms with Crippen LogP contribution in [0.5, 0.6) is 17.4 Å². The van der Waals surface area contributed by atoms with Crippen LogP contribution in [0.2, 0.25) is 0 Å². The van der Waals surface area contributed by atoms with Crippen molar-refractivity contribution < 1.29 is 19.0 Å². The quantitative estimate of drug-likeness (QED) is 0.644. The number of rotatable bonds is 7. The molecule has 1 amide bonds. The zero-order valence-corrected chi connectivity index (χ0v) is 17.7. The van der Waals surface area contributed by atoms with Crippen molar-refractivity contribution in [3.8, 4) is 28.6 Å². The van der Waals surface area contributed by atoms with Crippen molar-refractivity contribution in [2.75, 3.05) is 27.4 Å². The highest BCUT2D eigenvalue weighted by Crippen LogP contribution is 2.34. The number of pyridine rings is 1. The third-order valence-corrected chi connectivity index (χ3v) is 5.55. The first-order valence-corrected chi connectivity index (χ1v) is 9.96. The molecule has 1 saturated heterocycles. The van der Waals surface area contributed by atoms with Gasteiger partial charge in [-0.1, -0.05) is 0 Å². The van der Waals surface area contributed by atoms with Crippen LogP contribution in [-0.4, -0.2) is 47.8 Å². The highest BCUT2D eigenvalue weighted by molar-refractivity contribution is 5.85. The van der Waals surface area contributed by atoms with Crippen LogP contribution in [0.3, 0.4) is 0 Å². The number of nitrogens with one attached hydrogen (secondary N) is 1. The lowest BCUT2D eigenvalue weighted by Gasteiger charge is -2.13. The summed E-state index contributed by atoms with van der Waals surface area (Å²) in [6.45, 7) is 3.15. The fourth-order valence-electron chi connectivity index (χ4n) is 3.75. The maximum atomic E-state index is 11.4. The molecule has 0 unspecified atom stereocenters. The number of ether oxygens (including phenoxy) is 3. The molecular weight excluding hydrogens is 384 g/mol. The molecule has 0 aliphatic carbocycles. The summed E-state index contributed by atoms with van der Waals surface area (Å²) < 4.78 is 18.9. The van der Waals surface area contributed by atoms with Crippen molar-refractivity contribution in [3.05, 3.63) is 30.1 Å². The van der Waals surface area contributed by atoms with Crippen LogP contribution >= 0.6 is 0 Å². The van der Waals surface area contributed by atoms with E-state index in [-0.39, 0.29) is 5.91 Å². The van der Waals surface area contributed by atoms with Gasteiger partial charge in [0.15, 0.2) is 11.5 Å². The molecule has 0 bridgehead atoms. The molecule has 3 aromatic rings. The van der Waals surface area contributed by atoms with Gasteiger partial charge >= 0.3 is 0 Å². The maximum Gasteiger partial charge on any atom is 0.240 e. The minimum Gasteiger partial charge on any atom is -0.493 e. The van der Waals surface area contributed by atoms with Crippen LogP contribution in [0.15, 0.2) is 24.3 Å². The number of aromatic nitrogens is 3. The predicted octanol–water partition coefficient (Wildman–Crippen LogP) is 2.87. The van der Waals surface area contributed by atoms with E-state index in [1.54, 1.807) is 14.2 Å². The van der Waals surface area contributed by atoms with Gasteiger partial charge in [-0.3, -0.25) is 4.79 Å². The van der Waals surface area contributed by atoms with Crippen LogP contribution in [0.1, 0.15) is 18.7 Å². The first kappa shape index (κ1) is 20.0. The number of fused-ring (bicyclic) bond motifs is 1. The summed E-state index contributed by atoms with van der Waals surface area (Å²) >= 11 is 0. The molecule has 8 nitrogen and oxygen atoms in total. The Labute approximate surface area is 175 Å². The fraction of sp³-hybridized carbons (Fsp3) is 0.409. The highest BCUT2D eigenvalue weighted by atomic mass is 16.5. The summed E-state index contributed by atoms with van der Waals surface area (Å²) in [5, 5.41) is 2.86. The molecule has 0 saturated carbocycles. The molecule has 0 spiro atoms. The average molecular weight is 410 g/mol. The zero-order valence-electron chi connectivity index (χ0n) is 17.7. The largest absolute Gasteiger partial charge is 0.493 e. The topological polar surface area (TPSA) is 87.5 Å². The Morgan fingerprint density at radius 3 is 2.67 bits per heavy atom. The number of imidazole rings is 1. The van der Waals surface area contributed by atoms with E-state index in [2.05, 4.69) is 10.3 Å². The molecular formula is C22H26N4O4. The predicted molar refractivity (Wildman–Crippen MR) is 113 cm³/mol. The number of hydrogen-bond acceptors (Lipinski definition) is 6. The number of methoxy groups -OCH3 is 2. The molecule has 1 aromatic carbocycles. The van der Waals surface area contributed by atoms with Gasteiger partial charge in [0.1, 0.15) is 11.3 Å². The number of benzene rings is 1. The van der Waals surface area contributed by atoms with E-state index in [0.717, 1.165) is 34.5 Å². The Bertz CT molecular complexity index is 1090. The smallest absolute Gasteiger partial charge is 0.240 e. The van der Waals surface area contributed by atoms with Crippen LogP contribution in [0, 0.1) is 12.8 Å². The van der Waals surface area contributed by atoms with Gasteiger partial charge in [-0.25, -0.2) is 9.97 Å². The van der Waals surface area contributed by atoms with Crippen molar-refractivity contribution in [3.63, 3.8) is 0 Å². The fourth-order valence-corrected chi connectivity index (χ4v) is 3.75. The summed E-state index contributed by atoms with van der Waals surface area (Å²) in [5.41, 5.74) is 3.31. The van der Waals surface area contributed by atoms with Gasteiger partial charge in [-0.05, 0) is 43.5 Å². The van der Waals surface area contributed by atoms with Crippen LogP contribution in [-0.2, 0) is 11.8 Å². The average Bonchev–Trinajstić information content (AvgIpc) is 3.29. The van der Waals surface area contributed by atoms with Crippen molar-refractivity contribution in [2.24, 2.45) is 13.0 Å². The molecule has 1 N–H and O–H groups in total. The Morgan fingerprint density at radius 1 is 1.17 bits per heavy atom. The van der Waals surface area contributed by atoms with E-state index >= 15 is 0 Å². The highest BCUT2D eigenvalue weighted by Gasteiger charge is 2.22. The van der Waals surface area contributed by atoms with Gasteiger partial charge in [0.2, 0.25) is 11.8 Å². The Kier molecular flexibility index (Phi) is 5.48. The number of amides is 1. The second-order valence-electron chi connectivity index (χ2n) is 7.48. The van der Waals surface area contributed by atoms with E-state index < -0.39 is 0 Å². The van der Waals surface area contributed by atoms with Crippen molar-refractivity contribution in [1.82, 2.24) is 19.9 Å². The molecule has 0 radical (unpaired) electrons. The van der Waals surface area contributed by atoms with Crippen molar-refractivity contribution in [2.45, 2.75) is 19.8 Å². The van der Waals surface area contributed by atoms with Gasteiger partial charge in [-0.15, -0.1) is 0 Å². The molecule has 30 heavy (non-hydrogen) atoms. The summed E-state index contributed by atoms with van der Waals surface area (Å²) in [4.78, 5) is 20.9. The zero-order chi connectivity index (χ0) is 21.3. The number of carbonyl (C=O) groups is 1. The monoisotopic (exact) mass is 410 g/mol. The molecule has 158 valence electrons. The minimum absolute atomic E-state index is 0.109. The van der Waals surface area contributed by atoms with Crippen LogP contribution in [0.4, 0.5) is 0 Å². The van der Waals surface area contributed by atoms with E-state index in [9.17, 15) is 4.79 Å². The van der Waals surface area contributed by atoms with Crippen molar-refractivity contribution in [1.29, 1.82) is 0 Å². The van der Waals surface area contributed by atoms with Crippen molar-refractivity contribution >= 4 is 16.9 Å². The molecule has 3 heterocycles. The van der Waals surface area contributed by atoms with E-state index in [1.165, 1.54) is 0 Å². The maximum absolute atomic E-state index is 11.4. The van der Waals surface area contributed by atoms with E-state index in [0.29, 0.717) is 42.9 Å². The standard InChI is InChI=1S/C22H26N4O4/c1-13-24-17-11-16(15-5-6-18(28-3)19(10-15)29-4)25-22(21(17)26(13)2)30-8-7-14-9-20(27)23-12-14/h5-6,10-11,14H,7-9,12H2,1-4H3,(H,23,27)/t14-/m1/s1. The Hall–Kier alpha value is -3.29. The first-order chi connectivity index (χ1) is 14.5. The number of carbonyl (C=O) groups excluding carboxylic acids is 1. The lowest BCUT2D eigenvalue weighted by Crippen LogP contribution is -2.14. The van der Waals surface area contributed by atoms with E-state index in [1.807, 2.05) is 42.8 Å². The molecule has 2 aromatic heterocycles. The molecule has 4 rings (SSSR count). The van der Waals surface area contributed by atoms with Gasteiger partial charge in [0.25, 0.3) is 0 Å². The lowest BCUT2D eigenvalue weighted by molar-refractivity contribution is -0.119. The molecule has 1 aliphatic heterocycles. The summed E-state index contributed by atoms with van der Waals surface area (Å²) in [6, 6.07) is 7.64. The number of nitrogens with zero attached hydrogens (tertiary/aromatic N) is 3. The molecule has 1 atom stereocenters. The van der Waals surface area contributed by atoms with Gasteiger partial charge in [0.05, 0.1) is 32.0 Å². The SMILES string of the molecule is COc1ccc(-c2cc3nc(C)n(C)c3c(OCC[C@H]3CNC(=O)C3)n2)cc1OC. The van der Waals surface area contributed by atoms with Crippen LogP contribution in [0.25, 0.3) is 22.3 Å². The molecule has 1 fully saturated rings. The van der Waals surface area contributed by atoms with Gasteiger partial charge < -0.3 is 24.1 Å². The third kappa shape index (κ3) is 3.77. The van der Waals surface area contributed by atoms with E-state index in [4.69, 9.17) is 19.2 Å². The normalized spacial score (nSPS) is 16.0. The Morgan fingerprint density at radius 2 is 1.97 bits per heavy atom. The summed E-state index contributed by atoms with van der Waals surface area (Å²) in [7, 11) is 5.17.